The molecule has 0 aromatic heterocycles. The molecule has 0 amide bonds. The van der Waals surface area contributed by atoms with E-state index < -0.39 is 0 Å². The van der Waals surface area contributed by atoms with Crippen LogP contribution in [0.5, 0.6) is 0 Å². The fourth-order valence-corrected chi connectivity index (χ4v) is 2.48. The normalized spacial score (nSPS) is 25.3. The Balaban J connectivity index is 1.97. The fraction of sp³-hybridized carbons (Fsp3) is 0.500. The monoisotopic (exact) mass is 217 g/mol. The lowest BCUT2D eigenvalue weighted by molar-refractivity contribution is 0.0881. The molecule has 86 valence electrons. The van der Waals surface area contributed by atoms with E-state index in [2.05, 4.69) is 5.32 Å². The van der Waals surface area contributed by atoms with Crippen LogP contribution in [0.4, 0.5) is 0 Å². The SMILES string of the molecule is CNC1CCC(C(=O)c2ccccc2)CC1. The van der Waals surface area contributed by atoms with Crippen molar-refractivity contribution in [2.24, 2.45) is 5.92 Å². The van der Waals surface area contributed by atoms with Crippen molar-refractivity contribution in [2.75, 3.05) is 7.05 Å². The lowest BCUT2D eigenvalue weighted by Gasteiger charge is -2.27. The molecule has 0 saturated heterocycles. The Bertz CT molecular complexity index is 339. The molecule has 1 aliphatic carbocycles. The highest BCUT2D eigenvalue weighted by molar-refractivity contribution is 5.97. The average molecular weight is 217 g/mol. The topological polar surface area (TPSA) is 29.1 Å². The zero-order valence-corrected chi connectivity index (χ0v) is 9.78. The van der Waals surface area contributed by atoms with Gasteiger partial charge in [-0.05, 0) is 32.7 Å². The minimum Gasteiger partial charge on any atom is -0.317 e. The first-order valence-corrected chi connectivity index (χ1v) is 6.08. The highest BCUT2D eigenvalue weighted by Crippen LogP contribution is 2.27. The summed E-state index contributed by atoms with van der Waals surface area (Å²) < 4.78 is 0. The molecule has 0 spiro atoms. The summed E-state index contributed by atoms with van der Waals surface area (Å²) in [6.45, 7) is 0. The van der Waals surface area contributed by atoms with Crippen molar-refractivity contribution in [1.29, 1.82) is 0 Å². The van der Waals surface area contributed by atoms with Gasteiger partial charge in [-0.25, -0.2) is 0 Å². The van der Waals surface area contributed by atoms with Crippen LogP contribution in [-0.4, -0.2) is 18.9 Å². The number of nitrogens with one attached hydrogen (secondary N) is 1. The van der Waals surface area contributed by atoms with Crippen molar-refractivity contribution in [3.63, 3.8) is 0 Å². The summed E-state index contributed by atoms with van der Waals surface area (Å²) >= 11 is 0. The molecule has 1 saturated carbocycles. The fourth-order valence-electron chi connectivity index (χ4n) is 2.48. The number of carbonyl (C=O) groups is 1. The van der Waals surface area contributed by atoms with E-state index in [-0.39, 0.29) is 5.92 Å². The van der Waals surface area contributed by atoms with Gasteiger partial charge in [0.15, 0.2) is 5.78 Å². The molecule has 0 unspecified atom stereocenters. The van der Waals surface area contributed by atoms with Crippen LogP contribution in [0.25, 0.3) is 0 Å². The second-order valence-electron chi connectivity index (χ2n) is 4.57. The first-order valence-electron chi connectivity index (χ1n) is 6.08. The lowest BCUT2D eigenvalue weighted by Crippen LogP contribution is -2.32. The third-order valence-electron chi connectivity index (χ3n) is 3.56. The molecule has 1 fully saturated rings. The van der Waals surface area contributed by atoms with Crippen LogP contribution >= 0.6 is 0 Å². The lowest BCUT2D eigenvalue weighted by atomic mass is 9.81. The molecule has 0 radical (unpaired) electrons. The number of hydrogen-bond acceptors (Lipinski definition) is 2. The molecular weight excluding hydrogens is 198 g/mol. The summed E-state index contributed by atoms with van der Waals surface area (Å²) in [5.41, 5.74) is 0.871. The van der Waals surface area contributed by atoms with Gasteiger partial charge in [0.2, 0.25) is 0 Å². The predicted molar refractivity (Wildman–Crippen MR) is 65.6 cm³/mol. The van der Waals surface area contributed by atoms with E-state index in [1.807, 2.05) is 37.4 Å². The molecule has 1 aromatic carbocycles. The van der Waals surface area contributed by atoms with Gasteiger partial charge < -0.3 is 5.32 Å². The van der Waals surface area contributed by atoms with Crippen molar-refractivity contribution < 1.29 is 4.79 Å². The second-order valence-corrected chi connectivity index (χ2v) is 4.57. The van der Waals surface area contributed by atoms with Gasteiger partial charge in [0.05, 0.1) is 0 Å². The summed E-state index contributed by atoms with van der Waals surface area (Å²) in [6, 6.07) is 10.3. The van der Waals surface area contributed by atoms with Crippen LogP contribution in [0.15, 0.2) is 30.3 Å². The molecule has 1 aliphatic rings. The van der Waals surface area contributed by atoms with E-state index in [0.29, 0.717) is 11.8 Å². The van der Waals surface area contributed by atoms with Crippen molar-refractivity contribution in [3.8, 4) is 0 Å². The summed E-state index contributed by atoms with van der Waals surface area (Å²) in [5.74, 6) is 0.571. The maximum Gasteiger partial charge on any atom is 0.165 e. The van der Waals surface area contributed by atoms with Crippen LogP contribution in [-0.2, 0) is 0 Å². The smallest absolute Gasteiger partial charge is 0.165 e. The van der Waals surface area contributed by atoms with Crippen molar-refractivity contribution >= 4 is 5.78 Å². The van der Waals surface area contributed by atoms with Gasteiger partial charge in [-0.1, -0.05) is 30.3 Å². The summed E-state index contributed by atoms with van der Waals surface area (Å²) in [7, 11) is 2.00. The number of carbonyl (C=O) groups excluding carboxylic acids is 1. The van der Waals surface area contributed by atoms with Gasteiger partial charge in [-0.3, -0.25) is 4.79 Å². The Kier molecular flexibility index (Phi) is 3.73. The Morgan fingerprint density at radius 1 is 1.12 bits per heavy atom. The molecule has 0 aliphatic heterocycles. The third-order valence-corrected chi connectivity index (χ3v) is 3.56. The van der Waals surface area contributed by atoms with Crippen LogP contribution < -0.4 is 5.32 Å². The van der Waals surface area contributed by atoms with Gasteiger partial charge in [-0.2, -0.15) is 0 Å². The van der Waals surface area contributed by atoms with E-state index in [9.17, 15) is 4.79 Å². The number of rotatable bonds is 3. The maximum absolute atomic E-state index is 12.2. The molecule has 2 heteroatoms. The van der Waals surface area contributed by atoms with Crippen LogP contribution in [0.3, 0.4) is 0 Å². The zero-order chi connectivity index (χ0) is 11.4. The zero-order valence-electron chi connectivity index (χ0n) is 9.78. The average Bonchev–Trinajstić information content (AvgIpc) is 2.39. The van der Waals surface area contributed by atoms with Gasteiger partial charge >= 0.3 is 0 Å². The third kappa shape index (κ3) is 2.50. The molecule has 2 nitrogen and oxygen atoms in total. The molecule has 0 atom stereocenters. The van der Waals surface area contributed by atoms with Crippen molar-refractivity contribution in [3.05, 3.63) is 35.9 Å². The van der Waals surface area contributed by atoms with Gasteiger partial charge in [0.25, 0.3) is 0 Å². The Morgan fingerprint density at radius 2 is 1.75 bits per heavy atom. The first kappa shape index (κ1) is 11.3. The highest BCUT2D eigenvalue weighted by Gasteiger charge is 2.25. The number of hydrogen-bond donors (Lipinski definition) is 1. The molecule has 0 heterocycles. The second kappa shape index (κ2) is 5.26. The number of Topliss-reactive ketones (excluding diaryl/α,β-unsaturated/α-hetero) is 1. The minimum absolute atomic E-state index is 0.243. The van der Waals surface area contributed by atoms with Gasteiger partial charge in [0.1, 0.15) is 0 Å². The largest absolute Gasteiger partial charge is 0.317 e. The molecule has 16 heavy (non-hydrogen) atoms. The van der Waals surface area contributed by atoms with Crippen molar-refractivity contribution in [1.82, 2.24) is 5.32 Å². The number of benzene rings is 1. The molecule has 1 N–H and O–H groups in total. The van der Waals surface area contributed by atoms with E-state index in [1.165, 1.54) is 0 Å². The Labute approximate surface area is 97.1 Å². The van der Waals surface area contributed by atoms with E-state index in [4.69, 9.17) is 0 Å². The highest BCUT2D eigenvalue weighted by atomic mass is 16.1. The predicted octanol–water partition coefficient (Wildman–Crippen LogP) is 2.65. The summed E-state index contributed by atoms with van der Waals surface area (Å²) in [6.07, 6.45) is 4.30. The number of ketones is 1. The van der Waals surface area contributed by atoms with Gasteiger partial charge in [-0.15, -0.1) is 0 Å². The minimum atomic E-state index is 0.243. The van der Waals surface area contributed by atoms with Crippen LogP contribution in [0.1, 0.15) is 36.0 Å². The molecule has 0 bridgehead atoms. The summed E-state index contributed by atoms with van der Waals surface area (Å²) in [4.78, 5) is 12.2. The van der Waals surface area contributed by atoms with Crippen LogP contribution in [0, 0.1) is 5.92 Å². The Morgan fingerprint density at radius 3 is 2.31 bits per heavy atom. The first-order chi connectivity index (χ1) is 7.81. The molecular formula is C14H19NO. The Hall–Kier alpha value is -1.15. The van der Waals surface area contributed by atoms with Gasteiger partial charge in [0, 0.05) is 17.5 Å². The van der Waals surface area contributed by atoms with E-state index in [0.717, 1.165) is 31.2 Å². The molecule has 2 rings (SSSR count). The van der Waals surface area contributed by atoms with E-state index in [1.54, 1.807) is 0 Å². The van der Waals surface area contributed by atoms with E-state index >= 15 is 0 Å². The molecule has 1 aromatic rings. The van der Waals surface area contributed by atoms with Crippen LogP contribution in [0.2, 0.25) is 0 Å². The quantitative estimate of drug-likeness (QED) is 0.789. The van der Waals surface area contributed by atoms with Crippen molar-refractivity contribution in [2.45, 2.75) is 31.7 Å². The maximum atomic E-state index is 12.2. The summed E-state index contributed by atoms with van der Waals surface area (Å²) in [5, 5.41) is 3.29. The standard InChI is InChI=1S/C14H19NO/c1-15-13-9-7-12(8-10-13)14(16)11-5-3-2-4-6-11/h2-6,12-13,15H,7-10H2,1H3.